The Bertz CT molecular complexity index is 1270. The molecule has 8 heteroatoms. The third-order valence-corrected chi connectivity index (χ3v) is 7.37. The first-order chi connectivity index (χ1) is 19.3. The van der Waals surface area contributed by atoms with Gasteiger partial charge in [0, 0.05) is 61.8 Å². The summed E-state index contributed by atoms with van der Waals surface area (Å²) < 4.78 is 17.9. The normalized spacial score (nSPS) is 19.7. The zero-order chi connectivity index (χ0) is 26.3. The highest BCUT2D eigenvalue weighted by atomic mass is 16.5. The molecule has 1 N–H and O–H groups in total. The van der Waals surface area contributed by atoms with Crippen LogP contribution >= 0.6 is 0 Å². The summed E-state index contributed by atoms with van der Waals surface area (Å²) in [4.78, 5) is 14.2. The summed E-state index contributed by atoms with van der Waals surface area (Å²) in [7, 11) is 0. The molecule has 0 amide bonds. The molecule has 6 rings (SSSR count). The minimum Gasteiger partial charge on any atom is -0.493 e. The average molecular weight is 528 g/mol. The average Bonchev–Trinajstić information content (AvgIpc) is 3.81. The van der Waals surface area contributed by atoms with Crippen LogP contribution in [0, 0.1) is 0 Å². The first kappa shape index (κ1) is 25.8. The maximum atomic E-state index is 6.37. The number of ether oxygens (including phenoxy) is 3. The van der Waals surface area contributed by atoms with Gasteiger partial charge in [-0.25, -0.2) is 9.97 Å². The van der Waals surface area contributed by atoms with Crippen LogP contribution in [0.3, 0.4) is 0 Å². The Hall–Kier alpha value is -3.46. The Morgan fingerprint density at radius 2 is 1.92 bits per heavy atom. The molecule has 1 saturated carbocycles. The van der Waals surface area contributed by atoms with Crippen molar-refractivity contribution in [1.29, 1.82) is 0 Å². The van der Waals surface area contributed by atoms with Crippen molar-refractivity contribution in [3.05, 3.63) is 72.4 Å². The van der Waals surface area contributed by atoms with Crippen LogP contribution in [0.2, 0.25) is 0 Å². The fourth-order valence-electron chi connectivity index (χ4n) is 5.06. The van der Waals surface area contributed by atoms with Crippen LogP contribution in [0.25, 0.3) is 11.3 Å². The Kier molecular flexibility index (Phi) is 8.33. The fourth-order valence-corrected chi connectivity index (χ4v) is 5.06. The zero-order valence-electron chi connectivity index (χ0n) is 22.4. The molecule has 1 saturated heterocycles. The summed E-state index contributed by atoms with van der Waals surface area (Å²) in [5, 5.41) is 3.43. The van der Waals surface area contributed by atoms with E-state index < -0.39 is 0 Å². The van der Waals surface area contributed by atoms with Crippen LogP contribution in [-0.2, 0) is 11.3 Å². The van der Waals surface area contributed by atoms with Gasteiger partial charge in [0.1, 0.15) is 18.1 Å². The van der Waals surface area contributed by atoms with Gasteiger partial charge in [0.25, 0.3) is 0 Å². The number of nitrogens with one attached hydrogen (secondary N) is 1. The minimum atomic E-state index is 0.564. The predicted octanol–water partition coefficient (Wildman–Crippen LogP) is 4.90. The first-order valence-corrected chi connectivity index (χ1v) is 14.1. The maximum absolute atomic E-state index is 6.37. The first-order valence-electron chi connectivity index (χ1n) is 14.1. The van der Waals surface area contributed by atoms with Crippen molar-refractivity contribution in [2.45, 2.75) is 31.8 Å². The highest BCUT2D eigenvalue weighted by molar-refractivity contribution is 5.64. The monoisotopic (exact) mass is 527 g/mol. The van der Waals surface area contributed by atoms with Crippen molar-refractivity contribution >= 4 is 11.6 Å². The Balaban J connectivity index is 1.26. The van der Waals surface area contributed by atoms with Crippen molar-refractivity contribution in [3.63, 3.8) is 0 Å². The molecule has 3 aliphatic rings. The van der Waals surface area contributed by atoms with Crippen molar-refractivity contribution in [2.75, 3.05) is 57.9 Å². The number of aromatic nitrogens is 2. The molecule has 2 aliphatic heterocycles. The second-order valence-electron chi connectivity index (χ2n) is 10.3. The minimum absolute atomic E-state index is 0.564. The molecule has 6 bridgehead atoms. The summed E-state index contributed by atoms with van der Waals surface area (Å²) in [6, 6.07) is 17.0. The number of hydrogen-bond acceptors (Lipinski definition) is 8. The second kappa shape index (κ2) is 12.6. The molecule has 8 nitrogen and oxygen atoms in total. The zero-order valence-corrected chi connectivity index (χ0v) is 22.4. The van der Waals surface area contributed by atoms with Crippen LogP contribution in [0.15, 0.2) is 66.9 Å². The van der Waals surface area contributed by atoms with Gasteiger partial charge in [0.15, 0.2) is 0 Å². The van der Waals surface area contributed by atoms with E-state index in [0.29, 0.717) is 25.2 Å². The van der Waals surface area contributed by atoms with Gasteiger partial charge in [-0.05, 0) is 55.7 Å². The molecule has 0 atom stereocenters. The van der Waals surface area contributed by atoms with Gasteiger partial charge in [-0.15, -0.1) is 0 Å². The summed E-state index contributed by atoms with van der Waals surface area (Å²) in [5.74, 6) is 2.36. The van der Waals surface area contributed by atoms with E-state index in [-0.39, 0.29) is 0 Å². The van der Waals surface area contributed by atoms with Gasteiger partial charge in [0.05, 0.1) is 25.5 Å². The van der Waals surface area contributed by atoms with E-state index in [1.165, 1.54) is 18.4 Å². The lowest BCUT2D eigenvalue weighted by Crippen LogP contribution is -2.38. The Morgan fingerprint density at radius 1 is 1.00 bits per heavy atom. The third-order valence-electron chi connectivity index (χ3n) is 7.37. The molecule has 3 heterocycles. The topological polar surface area (TPSA) is 72.0 Å². The lowest BCUT2D eigenvalue weighted by molar-refractivity contribution is 0.0321. The molecule has 2 fully saturated rings. The quantitative estimate of drug-likeness (QED) is 0.470. The van der Waals surface area contributed by atoms with Crippen LogP contribution in [0.4, 0.5) is 11.6 Å². The molecule has 204 valence electrons. The number of anilines is 2. The Morgan fingerprint density at radius 3 is 2.82 bits per heavy atom. The SMILES string of the molecule is C1=C/CN(C2CC2)Cc2cc(ccc2OCCN2CCOCC2)Nc2nccc(n2)-c2cccc(c2)OCC/1. The van der Waals surface area contributed by atoms with E-state index in [0.717, 1.165) is 80.8 Å². The van der Waals surface area contributed by atoms with Crippen LogP contribution in [0.1, 0.15) is 24.8 Å². The molecular weight excluding hydrogens is 490 g/mol. The lowest BCUT2D eigenvalue weighted by atomic mass is 10.1. The summed E-state index contributed by atoms with van der Waals surface area (Å²) in [6.07, 6.45) is 9.67. The van der Waals surface area contributed by atoms with Crippen LogP contribution < -0.4 is 14.8 Å². The van der Waals surface area contributed by atoms with Gasteiger partial charge >= 0.3 is 0 Å². The molecule has 1 aromatic heterocycles. The van der Waals surface area contributed by atoms with Gasteiger partial charge < -0.3 is 19.5 Å². The summed E-state index contributed by atoms with van der Waals surface area (Å²) >= 11 is 0. The number of hydrogen-bond donors (Lipinski definition) is 1. The van der Waals surface area contributed by atoms with Gasteiger partial charge in [-0.1, -0.05) is 24.3 Å². The lowest BCUT2D eigenvalue weighted by Gasteiger charge is -2.27. The molecule has 1 aliphatic carbocycles. The van der Waals surface area contributed by atoms with E-state index in [1.54, 1.807) is 6.20 Å². The van der Waals surface area contributed by atoms with Crippen molar-refractivity contribution in [2.24, 2.45) is 0 Å². The largest absolute Gasteiger partial charge is 0.493 e. The molecular formula is C31H37N5O3. The van der Waals surface area contributed by atoms with E-state index in [1.807, 2.05) is 30.3 Å². The van der Waals surface area contributed by atoms with Crippen LogP contribution in [0.5, 0.6) is 11.5 Å². The summed E-state index contributed by atoms with van der Waals surface area (Å²) in [6.45, 7) is 7.49. The Labute approximate surface area is 230 Å². The molecule has 39 heavy (non-hydrogen) atoms. The van der Waals surface area contributed by atoms with Crippen molar-refractivity contribution in [3.8, 4) is 22.8 Å². The van der Waals surface area contributed by atoms with E-state index in [4.69, 9.17) is 19.2 Å². The maximum Gasteiger partial charge on any atom is 0.227 e. The predicted molar refractivity (Wildman–Crippen MR) is 153 cm³/mol. The van der Waals surface area contributed by atoms with Crippen molar-refractivity contribution in [1.82, 2.24) is 19.8 Å². The molecule has 0 spiro atoms. The van der Waals surface area contributed by atoms with Gasteiger partial charge in [-0.3, -0.25) is 9.80 Å². The molecule has 3 aromatic rings. The molecule has 2 aromatic carbocycles. The van der Waals surface area contributed by atoms with E-state index in [9.17, 15) is 0 Å². The standard InChI is InChI=1S/C31H37N5O3/c1-2-13-36(27-8-9-27)23-25-21-26(7-10-30(25)39-20-16-35-14-18-37-19-15-35)33-31-32-12-11-29(34-31)24-5-4-6-28(22-24)38-17-3-1/h1-2,4-7,10-12,21-22,27H,3,8-9,13-20,23H2,(H,32,33,34)/b2-1+. The fraction of sp³-hybridized carbons (Fsp3) is 0.419. The number of morpholine rings is 1. The van der Waals surface area contributed by atoms with Gasteiger partial charge in [0.2, 0.25) is 5.95 Å². The number of fused-ring (bicyclic) bond motifs is 7. The van der Waals surface area contributed by atoms with Gasteiger partial charge in [-0.2, -0.15) is 0 Å². The van der Waals surface area contributed by atoms with Crippen LogP contribution in [-0.4, -0.2) is 78.4 Å². The van der Waals surface area contributed by atoms with Crippen molar-refractivity contribution < 1.29 is 14.2 Å². The highest BCUT2D eigenvalue weighted by Gasteiger charge is 2.29. The number of benzene rings is 2. The molecule has 0 radical (unpaired) electrons. The molecule has 0 unspecified atom stereocenters. The third kappa shape index (κ3) is 7.15. The second-order valence-corrected chi connectivity index (χ2v) is 10.3. The summed E-state index contributed by atoms with van der Waals surface area (Å²) in [5.41, 5.74) is 3.98. The number of nitrogens with zero attached hydrogens (tertiary/aromatic N) is 4. The van der Waals surface area contributed by atoms with E-state index >= 15 is 0 Å². The smallest absolute Gasteiger partial charge is 0.227 e. The van der Waals surface area contributed by atoms with E-state index in [2.05, 4.69) is 50.5 Å². The highest BCUT2D eigenvalue weighted by Crippen LogP contribution is 2.32. The number of rotatable bonds is 5.